The number of halogens is 1. The second kappa shape index (κ2) is 8.53. The summed E-state index contributed by atoms with van der Waals surface area (Å²) in [6.07, 6.45) is 2.54. The minimum atomic E-state index is -0.0153. The first-order chi connectivity index (χ1) is 14.1. The van der Waals surface area contributed by atoms with Gasteiger partial charge in [0.05, 0.1) is 7.11 Å². The molecule has 2 atom stereocenters. The Hall–Kier alpha value is -3.05. The van der Waals surface area contributed by atoms with Crippen LogP contribution in [0.4, 0.5) is 0 Å². The lowest BCUT2D eigenvalue weighted by atomic mass is 10.1. The number of aromatic nitrogens is 1. The maximum atomic E-state index is 12.4. The van der Waals surface area contributed by atoms with Gasteiger partial charge >= 0.3 is 0 Å². The molecule has 0 spiro atoms. The van der Waals surface area contributed by atoms with Gasteiger partial charge in [-0.1, -0.05) is 41.9 Å². The summed E-state index contributed by atoms with van der Waals surface area (Å²) in [6.45, 7) is 0.428. The van der Waals surface area contributed by atoms with Crippen molar-refractivity contribution in [3.05, 3.63) is 83.0 Å². The topological polar surface area (TPSA) is 60.5 Å². The van der Waals surface area contributed by atoms with Crippen LogP contribution in [0.2, 0.25) is 5.02 Å². The second-order valence-corrected chi connectivity index (χ2v) is 7.38. The smallest absolute Gasteiger partial charge is 0.224 e. The van der Waals surface area contributed by atoms with Crippen LogP contribution in [0.5, 0.6) is 17.4 Å². The van der Waals surface area contributed by atoms with Crippen molar-refractivity contribution in [2.45, 2.75) is 18.9 Å². The van der Waals surface area contributed by atoms with Crippen LogP contribution in [0.15, 0.2) is 66.9 Å². The van der Waals surface area contributed by atoms with Crippen LogP contribution in [0.3, 0.4) is 0 Å². The lowest BCUT2D eigenvalue weighted by molar-refractivity contribution is -0.122. The number of benzene rings is 2. The highest BCUT2D eigenvalue weighted by Crippen LogP contribution is 2.49. The van der Waals surface area contributed by atoms with E-state index in [2.05, 4.69) is 10.3 Å². The fourth-order valence-electron chi connectivity index (χ4n) is 3.29. The van der Waals surface area contributed by atoms with Crippen LogP contribution >= 0.6 is 11.6 Å². The second-order valence-electron chi connectivity index (χ2n) is 6.97. The molecule has 1 amide bonds. The van der Waals surface area contributed by atoms with Gasteiger partial charge in [0.2, 0.25) is 11.8 Å². The Morgan fingerprint density at radius 2 is 1.97 bits per heavy atom. The van der Waals surface area contributed by atoms with Crippen molar-refractivity contribution in [3.8, 4) is 17.4 Å². The molecule has 3 aromatic rings. The molecule has 1 aliphatic carbocycles. The van der Waals surface area contributed by atoms with Crippen molar-refractivity contribution in [3.63, 3.8) is 0 Å². The van der Waals surface area contributed by atoms with Gasteiger partial charge in [-0.3, -0.25) is 4.79 Å². The van der Waals surface area contributed by atoms with E-state index < -0.39 is 0 Å². The van der Waals surface area contributed by atoms with Crippen LogP contribution < -0.4 is 14.8 Å². The summed E-state index contributed by atoms with van der Waals surface area (Å²) >= 11 is 6.23. The molecule has 0 aliphatic heterocycles. The van der Waals surface area contributed by atoms with Crippen molar-refractivity contribution in [2.75, 3.05) is 7.11 Å². The molecule has 1 aromatic heterocycles. The highest BCUT2D eigenvalue weighted by Gasteiger charge is 2.44. The summed E-state index contributed by atoms with van der Waals surface area (Å²) in [5, 5.41) is 3.71. The average Bonchev–Trinajstić information content (AvgIpc) is 3.54. The molecule has 6 heteroatoms. The molecular formula is C23H21ClN2O3. The number of hydrogen-bond acceptors (Lipinski definition) is 4. The third-order valence-electron chi connectivity index (χ3n) is 4.96. The SMILES string of the molecule is COc1cccc(Oc2ccc(CNC(=O)C3CC3c3ccccc3Cl)cn2)c1. The van der Waals surface area contributed by atoms with Crippen molar-refractivity contribution in [1.82, 2.24) is 10.3 Å². The van der Waals surface area contributed by atoms with E-state index in [1.807, 2.05) is 48.5 Å². The number of ether oxygens (including phenoxy) is 2. The summed E-state index contributed by atoms with van der Waals surface area (Å²) in [5.74, 6) is 2.09. The molecule has 2 unspecified atom stereocenters. The van der Waals surface area contributed by atoms with Crippen LogP contribution in [0.25, 0.3) is 0 Å². The predicted octanol–water partition coefficient (Wildman–Crippen LogP) is 4.96. The fraction of sp³-hybridized carbons (Fsp3) is 0.217. The van der Waals surface area contributed by atoms with Crippen molar-refractivity contribution in [2.24, 2.45) is 5.92 Å². The Kier molecular flexibility index (Phi) is 5.67. The molecule has 1 heterocycles. The fourth-order valence-corrected chi connectivity index (χ4v) is 3.56. The maximum absolute atomic E-state index is 12.4. The van der Waals surface area contributed by atoms with Crippen LogP contribution in [-0.4, -0.2) is 18.0 Å². The third kappa shape index (κ3) is 4.69. The lowest BCUT2D eigenvalue weighted by Gasteiger charge is -2.08. The number of methoxy groups -OCH3 is 1. The largest absolute Gasteiger partial charge is 0.497 e. The lowest BCUT2D eigenvalue weighted by Crippen LogP contribution is -2.24. The van der Waals surface area contributed by atoms with Gasteiger partial charge in [-0.2, -0.15) is 0 Å². The van der Waals surface area contributed by atoms with Gasteiger partial charge in [-0.25, -0.2) is 4.98 Å². The summed E-state index contributed by atoms with van der Waals surface area (Å²) < 4.78 is 10.9. The van der Waals surface area contributed by atoms with Crippen molar-refractivity contribution in [1.29, 1.82) is 0 Å². The first-order valence-corrected chi connectivity index (χ1v) is 9.81. The summed E-state index contributed by atoms with van der Waals surface area (Å²) in [7, 11) is 1.61. The molecule has 2 aromatic carbocycles. The van der Waals surface area contributed by atoms with Crippen molar-refractivity contribution < 1.29 is 14.3 Å². The van der Waals surface area contributed by atoms with Gasteiger partial charge in [0, 0.05) is 35.8 Å². The number of amides is 1. The van der Waals surface area contributed by atoms with E-state index in [0.29, 0.717) is 18.2 Å². The highest BCUT2D eigenvalue weighted by atomic mass is 35.5. The molecule has 1 aliphatic rings. The Bertz CT molecular complexity index is 1010. The monoisotopic (exact) mass is 408 g/mol. The molecule has 1 N–H and O–H groups in total. The van der Waals surface area contributed by atoms with Gasteiger partial charge in [0.1, 0.15) is 11.5 Å². The van der Waals surface area contributed by atoms with E-state index in [9.17, 15) is 4.79 Å². The van der Waals surface area contributed by atoms with E-state index in [1.165, 1.54) is 0 Å². The number of nitrogens with zero attached hydrogens (tertiary/aromatic N) is 1. The zero-order valence-corrected chi connectivity index (χ0v) is 16.7. The standard InChI is InChI=1S/C23H21ClN2O3/c1-28-16-5-4-6-17(11-16)29-22-10-9-15(13-25-22)14-26-23(27)20-12-19(20)18-7-2-3-8-21(18)24/h2-11,13,19-20H,12,14H2,1H3,(H,26,27). The minimum Gasteiger partial charge on any atom is -0.497 e. The van der Waals surface area contributed by atoms with Crippen LogP contribution in [0.1, 0.15) is 23.5 Å². The number of hydrogen-bond donors (Lipinski definition) is 1. The number of nitrogens with one attached hydrogen (secondary N) is 1. The van der Waals surface area contributed by atoms with Gasteiger partial charge in [0.15, 0.2) is 0 Å². The van der Waals surface area contributed by atoms with Gasteiger partial charge in [-0.15, -0.1) is 0 Å². The molecule has 5 nitrogen and oxygen atoms in total. The zero-order valence-electron chi connectivity index (χ0n) is 16.0. The molecular weight excluding hydrogens is 388 g/mol. The number of rotatable bonds is 7. The van der Waals surface area contributed by atoms with E-state index in [0.717, 1.165) is 28.3 Å². The van der Waals surface area contributed by atoms with E-state index in [4.69, 9.17) is 21.1 Å². The molecule has 0 bridgehead atoms. The Balaban J connectivity index is 1.29. The van der Waals surface area contributed by atoms with Gasteiger partial charge in [-0.05, 0) is 41.7 Å². The van der Waals surface area contributed by atoms with E-state index in [1.54, 1.807) is 25.4 Å². The number of pyridine rings is 1. The summed E-state index contributed by atoms with van der Waals surface area (Å²) in [5.41, 5.74) is 1.96. The van der Waals surface area contributed by atoms with Gasteiger partial charge in [0.25, 0.3) is 0 Å². The number of carbonyl (C=O) groups is 1. The molecule has 148 valence electrons. The van der Waals surface area contributed by atoms with Gasteiger partial charge < -0.3 is 14.8 Å². The average molecular weight is 409 g/mol. The van der Waals surface area contributed by atoms with E-state index in [-0.39, 0.29) is 17.7 Å². The Morgan fingerprint density at radius 1 is 1.14 bits per heavy atom. The Labute approximate surface area is 174 Å². The summed E-state index contributed by atoms with van der Waals surface area (Å²) in [6, 6.07) is 18.7. The summed E-state index contributed by atoms with van der Waals surface area (Å²) in [4.78, 5) is 16.7. The highest BCUT2D eigenvalue weighted by molar-refractivity contribution is 6.31. The first kappa shape index (κ1) is 19.3. The Morgan fingerprint density at radius 3 is 2.72 bits per heavy atom. The third-order valence-corrected chi connectivity index (χ3v) is 5.30. The number of carbonyl (C=O) groups excluding carboxylic acids is 1. The van der Waals surface area contributed by atoms with Crippen LogP contribution in [-0.2, 0) is 11.3 Å². The van der Waals surface area contributed by atoms with Crippen molar-refractivity contribution >= 4 is 17.5 Å². The predicted molar refractivity (Wildman–Crippen MR) is 111 cm³/mol. The van der Waals surface area contributed by atoms with E-state index >= 15 is 0 Å². The zero-order chi connectivity index (χ0) is 20.2. The molecule has 0 saturated heterocycles. The first-order valence-electron chi connectivity index (χ1n) is 9.43. The van der Waals surface area contributed by atoms with Crippen LogP contribution in [0, 0.1) is 5.92 Å². The molecule has 29 heavy (non-hydrogen) atoms. The maximum Gasteiger partial charge on any atom is 0.224 e. The molecule has 4 rings (SSSR count). The quantitative estimate of drug-likeness (QED) is 0.600. The minimum absolute atomic E-state index is 0.0153. The molecule has 1 saturated carbocycles. The molecule has 0 radical (unpaired) electrons. The molecule has 1 fully saturated rings. The normalized spacial score (nSPS) is 17.4.